The quantitative estimate of drug-likeness (QED) is 0.280. The monoisotopic (exact) mass is 552 g/mol. The van der Waals surface area contributed by atoms with Crippen LogP contribution in [0.5, 0.6) is 5.75 Å². The predicted octanol–water partition coefficient (Wildman–Crippen LogP) is 6.49. The summed E-state index contributed by atoms with van der Waals surface area (Å²) in [5.41, 5.74) is 4.60. The molecule has 0 bridgehead atoms. The Morgan fingerprint density at radius 3 is 2.44 bits per heavy atom. The third kappa shape index (κ3) is 5.75. The molecule has 0 unspecified atom stereocenters. The molecular formula is C26H21BrN2O3S2. The number of carbonyl (C=O) groups is 2. The molecule has 0 atom stereocenters. The van der Waals surface area contributed by atoms with Crippen LogP contribution in [0, 0.1) is 13.8 Å². The number of anilines is 2. The van der Waals surface area contributed by atoms with Crippen molar-refractivity contribution in [2.24, 2.45) is 0 Å². The highest BCUT2D eigenvalue weighted by atomic mass is 79.9. The Hall–Kier alpha value is -2.94. The van der Waals surface area contributed by atoms with E-state index in [9.17, 15) is 9.59 Å². The highest BCUT2D eigenvalue weighted by molar-refractivity contribution is 9.10. The van der Waals surface area contributed by atoms with Gasteiger partial charge >= 0.3 is 0 Å². The van der Waals surface area contributed by atoms with E-state index in [1.165, 1.54) is 22.2 Å². The number of amides is 2. The minimum atomic E-state index is -0.232. The Bertz CT molecular complexity index is 1290. The molecule has 1 fully saturated rings. The van der Waals surface area contributed by atoms with Crippen molar-refractivity contribution in [1.82, 2.24) is 0 Å². The van der Waals surface area contributed by atoms with E-state index in [4.69, 9.17) is 17.0 Å². The molecule has 1 aliphatic heterocycles. The van der Waals surface area contributed by atoms with Gasteiger partial charge in [0.2, 0.25) is 0 Å². The summed E-state index contributed by atoms with van der Waals surface area (Å²) >= 11 is 10.1. The summed E-state index contributed by atoms with van der Waals surface area (Å²) in [6.45, 7) is 3.93. The van der Waals surface area contributed by atoms with Crippen LogP contribution in [0.4, 0.5) is 11.4 Å². The second kappa shape index (κ2) is 10.5. The molecule has 0 spiro atoms. The van der Waals surface area contributed by atoms with Gasteiger partial charge in [-0.1, -0.05) is 58.1 Å². The SMILES string of the molecule is Cc1ccc(NC(=O)COc2ccc(/C=C3\SC(=S)N(c4ccc(Br)cc4)C3=O)cc2)cc1C. The number of ether oxygens (including phenoxy) is 1. The second-order valence-electron chi connectivity index (χ2n) is 7.70. The predicted molar refractivity (Wildman–Crippen MR) is 146 cm³/mol. The largest absolute Gasteiger partial charge is 0.484 e. The van der Waals surface area contributed by atoms with Gasteiger partial charge in [0, 0.05) is 10.2 Å². The van der Waals surface area contributed by atoms with Crippen molar-refractivity contribution < 1.29 is 14.3 Å². The minimum absolute atomic E-state index is 0.0991. The average Bonchev–Trinajstić information content (AvgIpc) is 3.09. The van der Waals surface area contributed by atoms with Crippen molar-refractivity contribution in [2.45, 2.75) is 13.8 Å². The van der Waals surface area contributed by atoms with E-state index < -0.39 is 0 Å². The van der Waals surface area contributed by atoms with Crippen LogP contribution < -0.4 is 15.0 Å². The summed E-state index contributed by atoms with van der Waals surface area (Å²) < 4.78 is 7.03. The van der Waals surface area contributed by atoms with Crippen molar-refractivity contribution >= 4 is 73.5 Å². The van der Waals surface area contributed by atoms with Crippen LogP contribution >= 0.6 is 39.9 Å². The minimum Gasteiger partial charge on any atom is -0.484 e. The summed E-state index contributed by atoms with van der Waals surface area (Å²) in [5, 5.41) is 2.84. The molecule has 0 aromatic heterocycles. The standard InChI is InChI=1S/C26H21BrN2O3S2/c1-16-3-8-20(13-17(16)2)28-24(30)15-32-22-11-4-18(5-12-22)14-23-25(31)29(26(33)34-23)21-9-6-19(27)7-10-21/h3-14H,15H2,1-2H3,(H,28,30)/b23-14-. The first-order valence-electron chi connectivity index (χ1n) is 10.4. The third-order valence-electron chi connectivity index (χ3n) is 5.22. The molecule has 34 heavy (non-hydrogen) atoms. The van der Waals surface area contributed by atoms with Crippen molar-refractivity contribution in [2.75, 3.05) is 16.8 Å². The molecule has 1 N–H and O–H groups in total. The van der Waals surface area contributed by atoms with Gasteiger partial charge in [-0.25, -0.2) is 0 Å². The van der Waals surface area contributed by atoms with E-state index in [2.05, 4.69) is 21.2 Å². The van der Waals surface area contributed by atoms with Crippen molar-refractivity contribution in [3.63, 3.8) is 0 Å². The van der Waals surface area contributed by atoms with Gasteiger partial charge in [-0.3, -0.25) is 14.5 Å². The Kier molecular flexibility index (Phi) is 7.50. The fourth-order valence-corrected chi connectivity index (χ4v) is 4.82. The normalized spacial score (nSPS) is 14.6. The highest BCUT2D eigenvalue weighted by Crippen LogP contribution is 2.36. The number of nitrogens with one attached hydrogen (secondary N) is 1. The Morgan fingerprint density at radius 1 is 1.06 bits per heavy atom. The van der Waals surface area contributed by atoms with Crippen LogP contribution in [0.3, 0.4) is 0 Å². The van der Waals surface area contributed by atoms with Gasteiger partial charge in [0.05, 0.1) is 10.6 Å². The van der Waals surface area contributed by atoms with E-state index in [1.54, 1.807) is 18.2 Å². The van der Waals surface area contributed by atoms with Gasteiger partial charge in [-0.05, 0) is 85.1 Å². The lowest BCUT2D eigenvalue weighted by atomic mass is 10.1. The van der Waals surface area contributed by atoms with E-state index in [1.807, 2.05) is 68.4 Å². The first kappa shape index (κ1) is 24.2. The van der Waals surface area contributed by atoms with Crippen LogP contribution in [-0.2, 0) is 9.59 Å². The summed E-state index contributed by atoms with van der Waals surface area (Å²) in [5.74, 6) is 0.180. The molecule has 1 heterocycles. The van der Waals surface area contributed by atoms with Gasteiger partial charge in [-0.2, -0.15) is 0 Å². The molecule has 3 aromatic carbocycles. The number of aryl methyl sites for hydroxylation is 2. The Labute approximate surface area is 216 Å². The second-order valence-corrected chi connectivity index (χ2v) is 10.3. The maximum Gasteiger partial charge on any atom is 0.270 e. The zero-order valence-electron chi connectivity index (χ0n) is 18.5. The van der Waals surface area contributed by atoms with Gasteiger partial charge in [0.1, 0.15) is 5.75 Å². The number of halogens is 1. The summed E-state index contributed by atoms with van der Waals surface area (Å²) in [7, 11) is 0. The Balaban J connectivity index is 1.36. The lowest BCUT2D eigenvalue weighted by molar-refractivity contribution is -0.118. The molecule has 0 saturated carbocycles. The van der Waals surface area contributed by atoms with Crippen LogP contribution in [0.15, 0.2) is 76.1 Å². The van der Waals surface area contributed by atoms with E-state index in [0.717, 1.165) is 27.0 Å². The van der Waals surface area contributed by atoms with Crippen LogP contribution in [0.2, 0.25) is 0 Å². The van der Waals surface area contributed by atoms with Crippen LogP contribution in [-0.4, -0.2) is 22.7 Å². The number of hydrogen-bond donors (Lipinski definition) is 1. The van der Waals surface area contributed by atoms with Gasteiger partial charge in [-0.15, -0.1) is 0 Å². The summed E-state index contributed by atoms with van der Waals surface area (Å²) in [4.78, 5) is 27.2. The van der Waals surface area contributed by atoms with Gasteiger partial charge in [0.15, 0.2) is 10.9 Å². The lowest BCUT2D eigenvalue weighted by Crippen LogP contribution is -2.27. The highest BCUT2D eigenvalue weighted by Gasteiger charge is 2.33. The zero-order valence-corrected chi connectivity index (χ0v) is 21.7. The van der Waals surface area contributed by atoms with Crippen molar-refractivity contribution in [3.05, 3.63) is 92.8 Å². The maximum atomic E-state index is 12.9. The average molecular weight is 554 g/mol. The van der Waals surface area contributed by atoms with Gasteiger partial charge < -0.3 is 10.1 Å². The van der Waals surface area contributed by atoms with Crippen LogP contribution in [0.1, 0.15) is 16.7 Å². The number of thiocarbonyl (C=S) groups is 1. The summed E-state index contributed by atoms with van der Waals surface area (Å²) in [6.07, 6.45) is 1.80. The fraction of sp³-hybridized carbons (Fsp3) is 0.115. The smallest absolute Gasteiger partial charge is 0.270 e. The molecule has 1 aliphatic rings. The molecule has 0 radical (unpaired) electrons. The number of thioether (sulfide) groups is 1. The first-order valence-corrected chi connectivity index (χ1v) is 12.5. The number of carbonyl (C=O) groups excluding carboxylic acids is 2. The number of nitrogens with zero attached hydrogens (tertiary/aromatic N) is 1. The number of benzene rings is 3. The summed E-state index contributed by atoms with van der Waals surface area (Å²) in [6, 6.07) is 20.4. The third-order valence-corrected chi connectivity index (χ3v) is 7.05. The van der Waals surface area contributed by atoms with Crippen LogP contribution in [0.25, 0.3) is 6.08 Å². The first-order chi connectivity index (χ1) is 16.3. The number of hydrogen-bond acceptors (Lipinski definition) is 5. The van der Waals surface area contributed by atoms with E-state index >= 15 is 0 Å². The lowest BCUT2D eigenvalue weighted by Gasteiger charge is -2.14. The molecule has 8 heteroatoms. The zero-order chi connectivity index (χ0) is 24.2. The molecule has 0 aliphatic carbocycles. The molecule has 3 aromatic rings. The van der Waals surface area contributed by atoms with E-state index in [0.29, 0.717) is 15.0 Å². The molecule has 172 valence electrons. The molecular weight excluding hydrogens is 532 g/mol. The van der Waals surface area contributed by atoms with Gasteiger partial charge in [0.25, 0.3) is 11.8 Å². The Morgan fingerprint density at radius 2 is 1.76 bits per heavy atom. The fourth-order valence-electron chi connectivity index (χ4n) is 3.26. The molecule has 1 saturated heterocycles. The molecule has 5 nitrogen and oxygen atoms in total. The number of rotatable bonds is 6. The molecule has 4 rings (SSSR count). The molecule has 2 amide bonds. The van der Waals surface area contributed by atoms with E-state index in [-0.39, 0.29) is 18.4 Å². The van der Waals surface area contributed by atoms with Crippen molar-refractivity contribution in [3.8, 4) is 5.75 Å². The topological polar surface area (TPSA) is 58.6 Å². The maximum absolute atomic E-state index is 12.9. The van der Waals surface area contributed by atoms with Crippen molar-refractivity contribution in [1.29, 1.82) is 0 Å².